The first-order valence-electron chi connectivity index (χ1n) is 8.69. The molecule has 0 aliphatic carbocycles. The molecule has 5 heteroatoms. The molecule has 2 aromatic rings. The highest BCUT2D eigenvalue weighted by Gasteiger charge is 2.33. The SMILES string of the molecule is C[C@H]1COC[C@H](c2ccccc2)N1C(=O)CSCc1ccc(C#N)cc1. The number of nitrogens with zero attached hydrogens (tertiary/aromatic N) is 2. The maximum Gasteiger partial charge on any atom is 0.233 e. The molecule has 0 spiro atoms. The number of nitriles is 1. The van der Waals surface area contributed by atoms with Gasteiger partial charge >= 0.3 is 0 Å². The lowest BCUT2D eigenvalue weighted by atomic mass is 10.0. The third-order valence-corrected chi connectivity index (χ3v) is 5.48. The van der Waals surface area contributed by atoms with Crippen molar-refractivity contribution in [1.82, 2.24) is 4.90 Å². The van der Waals surface area contributed by atoms with Gasteiger partial charge in [-0.1, -0.05) is 42.5 Å². The summed E-state index contributed by atoms with van der Waals surface area (Å²) in [7, 11) is 0. The summed E-state index contributed by atoms with van der Waals surface area (Å²) in [5.74, 6) is 1.34. The Labute approximate surface area is 158 Å². The van der Waals surface area contributed by atoms with Crippen molar-refractivity contribution in [3.8, 4) is 6.07 Å². The van der Waals surface area contributed by atoms with Crippen LogP contribution in [0.1, 0.15) is 29.7 Å². The first-order valence-corrected chi connectivity index (χ1v) is 9.85. The molecule has 0 unspecified atom stereocenters. The van der Waals surface area contributed by atoms with Crippen molar-refractivity contribution in [3.05, 3.63) is 71.3 Å². The third kappa shape index (κ3) is 4.46. The van der Waals surface area contributed by atoms with Crippen molar-refractivity contribution in [3.63, 3.8) is 0 Å². The second-order valence-electron chi connectivity index (χ2n) is 6.42. The largest absolute Gasteiger partial charge is 0.377 e. The van der Waals surface area contributed by atoms with Gasteiger partial charge in [-0.25, -0.2) is 0 Å². The molecule has 0 radical (unpaired) electrons. The highest BCUT2D eigenvalue weighted by molar-refractivity contribution is 7.99. The normalized spacial score (nSPS) is 19.8. The summed E-state index contributed by atoms with van der Waals surface area (Å²) >= 11 is 1.61. The molecule has 1 aliphatic rings. The number of hydrogen-bond donors (Lipinski definition) is 0. The minimum absolute atomic E-state index is 0.0250. The van der Waals surface area contributed by atoms with Gasteiger partial charge in [0.15, 0.2) is 0 Å². The molecule has 0 N–H and O–H groups in total. The van der Waals surface area contributed by atoms with Gasteiger partial charge in [-0.05, 0) is 30.2 Å². The van der Waals surface area contributed by atoms with Crippen LogP contribution in [-0.4, -0.2) is 35.8 Å². The minimum Gasteiger partial charge on any atom is -0.377 e. The molecular formula is C21H22N2O2S. The fraction of sp³-hybridized carbons (Fsp3) is 0.333. The van der Waals surface area contributed by atoms with Crippen LogP contribution in [0.3, 0.4) is 0 Å². The van der Waals surface area contributed by atoms with Crippen LogP contribution < -0.4 is 0 Å². The highest BCUT2D eigenvalue weighted by Crippen LogP contribution is 2.28. The summed E-state index contributed by atoms with van der Waals surface area (Å²) < 4.78 is 5.70. The van der Waals surface area contributed by atoms with Crippen LogP contribution in [0, 0.1) is 11.3 Å². The fourth-order valence-electron chi connectivity index (χ4n) is 3.18. The molecule has 3 rings (SSSR count). The van der Waals surface area contributed by atoms with Gasteiger partial charge in [0.1, 0.15) is 0 Å². The van der Waals surface area contributed by atoms with Gasteiger partial charge < -0.3 is 9.64 Å². The molecule has 1 amide bonds. The van der Waals surface area contributed by atoms with Crippen LogP contribution in [0.5, 0.6) is 0 Å². The third-order valence-electron chi connectivity index (χ3n) is 4.50. The lowest BCUT2D eigenvalue weighted by Gasteiger charge is -2.40. The van der Waals surface area contributed by atoms with Gasteiger partial charge in [0.2, 0.25) is 5.91 Å². The summed E-state index contributed by atoms with van der Waals surface area (Å²) in [4.78, 5) is 14.9. The Morgan fingerprint density at radius 3 is 2.62 bits per heavy atom. The standard InChI is InChI=1S/C21H22N2O2S/c1-16-12-25-13-20(19-5-3-2-4-6-19)23(16)21(24)15-26-14-18-9-7-17(11-22)8-10-18/h2-10,16,20H,12-15H2,1H3/t16-,20+/m0/s1. The topological polar surface area (TPSA) is 53.3 Å². The summed E-state index contributed by atoms with van der Waals surface area (Å²) in [5, 5.41) is 8.85. The number of benzene rings is 2. The van der Waals surface area contributed by atoms with Crippen molar-refractivity contribution in [1.29, 1.82) is 5.26 Å². The van der Waals surface area contributed by atoms with Gasteiger partial charge in [-0.15, -0.1) is 11.8 Å². The Bertz CT molecular complexity index is 771. The molecule has 0 saturated carbocycles. The van der Waals surface area contributed by atoms with Gasteiger partial charge in [-0.3, -0.25) is 4.79 Å². The zero-order valence-corrected chi connectivity index (χ0v) is 15.6. The molecule has 2 atom stereocenters. The second-order valence-corrected chi connectivity index (χ2v) is 7.40. The van der Waals surface area contributed by atoms with Crippen molar-refractivity contribution in [2.24, 2.45) is 0 Å². The Balaban J connectivity index is 1.61. The number of carbonyl (C=O) groups is 1. The zero-order chi connectivity index (χ0) is 18.4. The first kappa shape index (κ1) is 18.5. The average molecular weight is 366 g/mol. The zero-order valence-electron chi connectivity index (χ0n) is 14.8. The molecule has 134 valence electrons. The molecule has 1 fully saturated rings. The molecule has 4 nitrogen and oxygen atoms in total. The van der Waals surface area contributed by atoms with Crippen LogP contribution >= 0.6 is 11.8 Å². The van der Waals surface area contributed by atoms with Gasteiger partial charge in [0, 0.05) is 5.75 Å². The maximum atomic E-state index is 12.9. The molecule has 1 aliphatic heterocycles. The van der Waals surface area contributed by atoms with E-state index < -0.39 is 0 Å². The minimum atomic E-state index is -0.0250. The predicted molar refractivity (Wildman–Crippen MR) is 104 cm³/mol. The monoisotopic (exact) mass is 366 g/mol. The van der Waals surface area contributed by atoms with Gasteiger partial charge in [-0.2, -0.15) is 5.26 Å². The van der Waals surface area contributed by atoms with Crippen molar-refractivity contribution in [2.45, 2.75) is 24.8 Å². The fourth-order valence-corrected chi connectivity index (χ4v) is 4.03. The van der Waals surface area contributed by atoms with Crippen molar-refractivity contribution in [2.75, 3.05) is 19.0 Å². The molecule has 1 heterocycles. The molecule has 0 bridgehead atoms. The van der Waals surface area contributed by atoms with E-state index >= 15 is 0 Å². The number of rotatable bonds is 5. The lowest BCUT2D eigenvalue weighted by molar-refractivity contribution is -0.142. The van der Waals surface area contributed by atoms with Gasteiger partial charge in [0.05, 0.1) is 42.7 Å². The van der Waals surface area contributed by atoms with E-state index in [1.807, 2.05) is 54.3 Å². The van der Waals surface area contributed by atoms with E-state index in [0.29, 0.717) is 24.5 Å². The Morgan fingerprint density at radius 2 is 1.92 bits per heavy atom. The van der Waals surface area contributed by atoms with Crippen LogP contribution in [0.15, 0.2) is 54.6 Å². The number of amides is 1. The number of hydrogen-bond acceptors (Lipinski definition) is 4. The van der Waals surface area contributed by atoms with E-state index in [-0.39, 0.29) is 18.0 Å². The van der Waals surface area contributed by atoms with Crippen LogP contribution in [-0.2, 0) is 15.3 Å². The summed E-state index contributed by atoms with van der Waals surface area (Å²) in [6.07, 6.45) is 0. The van der Waals surface area contributed by atoms with E-state index in [2.05, 4.69) is 18.2 Å². The van der Waals surface area contributed by atoms with Gasteiger partial charge in [0.25, 0.3) is 0 Å². The van der Waals surface area contributed by atoms with Crippen LogP contribution in [0.2, 0.25) is 0 Å². The first-order chi connectivity index (χ1) is 12.7. The molecule has 2 aromatic carbocycles. The molecule has 1 saturated heterocycles. The predicted octanol–water partition coefficient (Wildman–Crippen LogP) is 3.78. The second kappa shape index (κ2) is 8.88. The lowest BCUT2D eigenvalue weighted by Crippen LogP contribution is -2.49. The van der Waals surface area contributed by atoms with Crippen molar-refractivity contribution < 1.29 is 9.53 Å². The Hall–Kier alpha value is -2.29. The molecule has 26 heavy (non-hydrogen) atoms. The van der Waals surface area contributed by atoms with E-state index in [9.17, 15) is 4.79 Å². The average Bonchev–Trinajstić information content (AvgIpc) is 2.69. The van der Waals surface area contributed by atoms with Crippen molar-refractivity contribution >= 4 is 17.7 Å². The smallest absolute Gasteiger partial charge is 0.233 e. The van der Waals surface area contributed by atoms with E-state index in [0.717, 1.165) is 16.9 Å². The maximum absolute atomic E-state index is 12.9. The molecule has 0 aromatic heterocycles. The van der Waals surface area contributed by atoms with Crippen LogP contribution in [0.4, 0.5) is 0 Å². The Kier molecular flexibility index (Phi) is 6.32. The van der Waals surface area contributed by atoms with E-state index in [4.69, 9.17) is 10.00 Å². The number of thioether (sulfide) groups is 1. The quantitative estimate of drug-likeness (QED) is 0.808. The summed E-state index contributed by atoms with van der Waals surface area (Å²) in [6.45, 7) is 3.16. The summed E-state index contributed by atoms with van der Waals surface area (Å²) in [5.41, 5.74) is 2.89. The number of carbonyl (C=O) groups excluding carboxylic acids is 1. The van der Waals surface area contributed by atoms with Crippen LogP contribution in [0.25, 0.3) is 0 Å². The van der Waals surface area contributed by atoms with E-state index in [1.165, 1.54) is 0 Å². The number of ether oxygens (including phenoxy) is 1. The summed E-state index contributed by atoms with van der Waals surface area (Å²) in [6, 6.07) is 19.8. The highest BCUT2D eigenvalue weighted by atomic mass is 32.2. The molecular weight excluding hydrogens is 344 g/mol. The Morgan fingerprint density at radius 1 is 1.19 bits per heavy atom. The van der Waals surface area contributed by atoms with E-state index in [1.54, 1.807) is 11.8 Å². The number of morpholine rings is 1.